The van der Waals surface area contributed by atoms with Crippen molar-refractivity contribution in [3.8, 4) is 0 Å². The summed E-state index contributed by atoms with van der Waals surface area (Å²) in [5.74, 6) is 0.0428. The Morgan fingerprint density at radius 2 is 1.87 bits per heavy atom. The van der Waals surface area contributed by atoms with Crippen LogP contribution in [0.4, 0.5) is 26.2 Å². The molecular formula is C27H33ClF2N6OS. The second-order valence-corrected chi connectivity index (χ2v) is 10.2. The molecule has 0 bridgehead atoms. The Morgan fingerprint density at radius 1 is 1.11 bits per heavy atom. The third-order valence-corrected chi connectivity index (χ3v) is 7.76. The van der Waals surface area contributed by atoms with Gasteiger partial charge in [0.15, 0.2) is 0 Å². The van der Waals surface area contributed by atoms with E-state index in [9.17, 15) is 13.6 Å². The minimum Gasteiger partial charge on any atom is -0.341 e. The average Bonchev–Trinajstić information content (AvgIpc) is 3.38. The molecule has 2 aromatic carbocycles. The molecule has 1 aromatic heterocycles. The van der Waals surface area contributed by atoms with Crippen LogP contribution >= 0.6 is 25.1 Å². The molecule has 38 heavy (non-hydrogen) atoms. The Labute approximate surface area is 233 Å². The third-order valence-electron chi connectivity index (χ3n) is 7.53. The molecule has 1 amide bonds. The van der Waals surface area contributed by atoms with Crippen LogP contribution in [-0.4, -0.2) is 71.0 Å². The summed E-state index contributed by atoms with van der Waals surface area (Å²) in [4.78, 5) is 28.8. The number of likely N-dealkylation sites (tertiary alicyclic amines) is 1. The predicted molar refractivity (Wildman–Crippen MR) is 153 cm³/mol. The fourth-order valence-electron chi connectivity index (χ4n) is 5.40. The largest absolute Gasteiger partial charge is 0.341 e. The lowest BCUT2D eigenvalue weighted by Crippen LogP contribution is -2.51. The molecule has 0 radical (unpaired) electrons. The van der Waals surface area contributed by atoms with E-state index in [1.54, 1.807) is 12.1 Å². The van der Waals surface area contributed by atoms with E-state index in [1.165, 1.54) is 24.3 Å². The van der Waals surface area contributed by atoms with E-state index in [0.717, 1.165) is 38.8 Å². The number of piperidine rings is 1. The van der Waals surface area contributed by atoms with Gasteiger partial charge in [-0.15, -0.1) is 0 Å². The van der Waals surface area contributed by atoms with E-state index in [2.05, 4.69) is 32.0 Å². The summed E-state index contributed by atoms with van der Waals surface area (Å²) >= 11 is 5.89. The molecule has 1 unspecified atom stereocenters. The highest BCUT2D eigenvalue weighted by molar-refractivity contribution is 7.59. The van der Waals surface area contributed by atoms with E-state index in [1.807, 2.05) is 11.9 Å². The van der Waals surface area contributed by atoms with Gasteiger partial charge in [0.25, 0.3) is 0 Å². The Kier molecular flexibility index (Phi) is 8.95. The zero-order chi connectivity index (χ0) is 26.1. The van der Waals surface area contributed by atoms with Gasteiger partial charge < -0.3 is 15.1 Å². The highest BCUT2D eigenvalue weighted by atomic mass is 35.5. The number of benzene rings is 2. The van der Waals surface area contributed by atoms with E-state index in [0.29, 0.717) is 35.8 Å². The number of likely N-dealkylation sites (N-methyl/N-ethyl adjacent to an activating group) is 2. The SMILES string of the molecule is CCN1CCCC1C(=O)N(C)C1CCN(c2nc(Nc3ccc(Cl)cc3F)c3cc(F)ccc3n2)CC1.S. The van der Waals surface area contributed by atoms with Crippen LogP contribution in [0.15, 0.2) is 36.4 Å². The molecule has 5 rings (SSSR count). The van der Waals surface area contributed by atoms with Crippen molar-refractivity contribution in [2.45, 2.75) is 44.7 Å². The van der Waals surface area contributed by atoms with Gasteiger partial charge in [-0.2, -0.15) is 18.5 Å². The number of carbonyl (C=O) groups is 1. The van der Waals surface area contributed by atoms with Crippen LogP contribution in [0.25, 0.3) is 10.9 Å². The zero-order valence-corrected chi connectivity index (χ0v) is 23.3. The van der Waals surface area contributed by atoms with Gasteiger partial charge in [0, 0.05) is 36.6 Å². The first kappa shape index (κ1) is 28.3. The molecule has 2 saturated heterocycles. The minimum absolute atomic E-state index is 0. The predicted octanol–water partition coefficient (Wildman–Crippen LogP) is 5.33. The molecule has 0 spiro atoms. The first-order valence-corrected chi connectivity index (χ1v) is 13.2. The third kappa shape index (κ3) is 5.82. The molecule has 3 heterocycles. The Balaban J connectivity index is 0.00000336. The summed E-state index contributed by atoms with van der Waals surface area (Å²) in [6.45, 7) is 5.32. The van der Waals surface area contributed by atoms with Crippen molar-refractivity contribution in [2.24, 2.45) is 0 Å². The first-order chi connectivity index (χ1) is 17.8. The molecule has 2 fully saturated rings. The van der Waals surface area contributed by atoms with Crippen molar-refractivity contribution in [1.29, 1.82) is 0 Å². The molecule has 1 atom stereocenters. The number of halogens is 3. The van der Waals surface area contributed by atoms with Crippen molar-refractivity contribution in [2.75, 3.05) is 43.4 Å². The van der Waals surface area contributed by atoms with Crippen molar-refractivity contribution in [3.05, 3.63) is 53.1 Å². The number of hydrogen-bond donors (Lipinski definition) is 1. The lowest BCUT2D eigenvalue weighted by atomic mass is 10.0. The summed E-state index contributed by atoms with van der Waals surface area (Å²) < 4.78 is 28.6. The van der Waals surface area contributed by atoms with Crippen molar-refractivity contribution < 1.29 is 13.6 Å². The maximum Gasteiger partial charge on any atom is 0.239 e. The van der Waals surface area contributed by atoms with Crippen LogP contribution in [-0.2, 0) is 4.79 Å². The van der Waals surface area contributed by atoms with E-state index < -0.39 is 11.6 Å². The highest BCUT2D eigenvalue weighted by Gasteiger charge is 2.35. The number of aromatic nitrogens is 2. The fraction of sp³-hybridized carbons (Fsp3) is 0.444. The van der Waals surface area contributed by atoms with Gasteiger partial charge in [-0.1, -0.05) is 18.5 Å². The van der Waals surface area contributed by atoms with Gasteiger partial charge >= 0.3 is 0 Å². The van der Waals surface area contributed by atoms with Crippen LogP contribution in [0.1, 0.15) is 32.6 Å². The number of anilines is 3. The van der Waals surface area contributed by atoms with Crippen LogP contribution < -0.4 is 10.2 Å². The average molecular weight is 563 g/mol. The fourth-order valence-corrected chi connectivity index (χ4v) is 5.55. The highest BCUT2D eigenvalue weighted by Crippen LogP contribution is 2.31. The van der Waals surface area contributed by atoms with E-state index in [-0.39, 0.29) is 42.2 Å². The molecule has 0 aliphatic carbocycles. The minimum atomic E-state index is -0.533. The molecule has 1 N–H and O–H groups in total. The summed E-state index contributed by atoms with van der Waals surface area (Å²) in [5.41, 5.74) is 0.741. The normalized spacial score (nSPS) is 18.4. The second kappa shape index (κ2) is 12.0. The topological polar surface area (TPSA) is 64.6 Å². The van der Waals surface area contributed by atoms with Crippen molar-refractivity contribution in [1.82, 2.24) is 19.8 Å². The molecule has 204 valence electrons. The van der Waals surface area contributed by atoms with Crippen molar-refractivity contribution >= 4 is 59.4 Å². The maximum absolute atomic E-state index is 14.5. The number of nitrogens with one attached hydrogen (secondary N) is 1. The number of hydrogen-bond acceptors (Lipinski definition) is 6. The van der Waals surface area contributed by atoms with E-state index >= 15 is 0 Å². The first-order valence-electron chi connectivity index (χ1n) is 12.8. The number of nitrogens with zero attached hydrogens (tertiary/aromatic N) is 5. The van der Waals surface area contributed by atoms with Crippen LogP contribution in [0.5, 0.6) is 0 Å². The monoisotopic (exact) mass is 562 g/mol. The molecular weight excluding hydrogens is 530 g/mol. The van der Waals surface area contributed by atoms with Crippen LogP contribution in [0, 0.1) is 11.6 Å². The van der Waals surface area contributed by atoms with Gasteiger partial charge in [-0.3, -0.25) is 9.69 Å². The quantitative estimate of drug-likeness (QED) is 0.438. The van der Waals surface area contributed by atoms with Gasteiger partial charge in [0.05, 0.1) is 17.2 Å². The number of amides is 1. The maximum atomic E-state index is 14.5. The summed E-state index contributed by atoms with van der Waals surface area (Å²) in [7, 11) is 1.92. The Hall–Kier alpha value is -2.69. The van der Waals surface area contributed by atoms with Gasteiger partial charge in [0.1, 0.15) is 17.5 Å². The number of rotatable bonds is 6. The lowest BCUT2D eigenvalue weighted by molar-refractivity contribution is -0.137. The molecule has 3 aromatic rings. The molecule has 7 nitrogen and oxygen atoms in total. The summed E-state index contributed by atoms with van der Waals surface area (Å²) in [6.07, 6.45) is 3.57. The van der Waals surface area contributed by atoms with Crippen LogP contribution in [0.2, 0.25) is 5.02 Å². The van der Waals surface area contributed by atoms with Gasteiger partial charge in [-0.05, 0) is 75.2 Å². The smallest absolute Gasteiger partial charge is 0.239 e. The Bertz CT molecular complexity index is 1310. The number of fused-ring (bicyclic) bond motifs is 1. The lowest BCUT2D eigenvalue weighted by Gasteiger charge is -2.38. The summed E-state index contributed by atoms with van der Waals surface area (Å²) in [5, 5.41) is 3.73. The standard InChI is InChI=1S/C27H31ClF2N6O.H2S/c1-3-35-12-4-5-24(35)26(37)34(2)19-10-13-36(14-11-19)27-32-22-9-7-18(29)16-20(22)25(33-27)31-23-8-6-17(28)15-21(23)30;/h6-9,15-16,19,24H,3-5,10-14H2,1-2H3,(H,31,32,33);1H2. The molecule has 11 heteroatoms. The summed E-state index contributed by atoms with van der Waals surface area (Å²) in [6, 6.07) is 8.73. The molecule has 2 aliphatic rings. The van der Waals surface area contributed by atoms with Crippen LogP contribution in [0.3, 0.4) is 0 Å². The Morgan fingerprint density at radius 3 is 2.58 bits per heavy atom. The zero-order valence-electron chi connectivity index (χ0n) is 21.6. The molecule has 0 saturated carbocycles. The molecule has 2 aliphatic heterocycles. The van der Waals surface area contributed by atoms with E-state index in [4.69, 9.17) is 11.6 Å². The number of carbonyl (C=O) groups excluding carboxylic acids is 1. The van der Waals surface area contributed by atoms with Gasteiger partial charge in [0.2, 0.25) is 11.9 Å². The van der Waals surface area contributed by atoms with Crippen molar-refractivity contribution in [3.63, 3.8) is 0 Å². The second-order valence-electron chi connectivity index (χ2n) is 9.74. The van der Waals surface area contributed by atoms with Gasteiger partial charge in [-0.25, -0.2) is 13.8 Å².